The predicted octanol–water partition coefficient (Wildman–Crippen LogP) is 1.01. The van der Waals surface area contributed by atoms with Gasteiger partial charge in [-0.05, 0) is 33.2 Å². The van der Waals surface area contributed by atoms with Crippen molar-refractivity contribution in [2.45, 2.75) is 45.3 Å². The normalized spacial score (nSPS) is 20.2. The molecule has 94 valence electrons. The molecular weight excluding hydrogens is 204 g/mol. The Kier molecular flexibility index (Phi) is 5.77. The van der Waals surface area contributed by atoms with Crippen LogP contribution in [-0.2, 0) is 9.53 Å². The molecule has 0 aromatic rings. The van der Waals surface area contributed by atoms with Crippen molar-refractivity contribution in [3.63, 3.8) is 0 Å². The van der Waals surface area contributed by atoms with E-state index in [4.69, 9.17) is 4.74 Å². The molecule has 0 radical (unpaired) electrons. The summed E-state index contributed by atoms with van der Waals surface area (Å²) in [5.41, 5.74) is 0. The Morgan fingerprint density at radius 1 is 1.50 bits per heavy atom. The van der Waals surface area contributed by atoms with Gasteiger partial charge in [-0.3, -0.25) is 4.79 Å². The molecule has 1 aliphatic heterocycles. The Balaban J connectivity index is 2.05. The lowest BCUT2D eigenvalue weighted by molar-refractivity contribution is -0.127. The quantitative estimate of drug-likeness (QED) is 0.661. The number of amides is 1. The fourth-order valence-electron chi connectivity index (χ4n) is 1.91. The van der Waals surface area contributed by atoms with Crippen molar-refractivity contribution in [3.8, 4) is 0 Å². The molecular formula is C12H24N2O2. The molecule has 1 rings (SSSR count). The van der Waals surface area contributed by atoms with E-state index in [9.17, 15) is 4.79 Å². The summed E-state index contributed by atoms with van der Waals surface area (Å²) in [6.07, 6.45) is 3.02. The van der Waals surface area contributed by atoms with Crippen molar-refractivity contribution < 1.29 is 9.53 Å². The number of ether oxygens (including phenoxy) is 1. The number of nitrogens with one attached hydrogen (secondary N) is 1. The van der Waals surface area contributed by atoms with E-state index in [-0.39, 0.29) is 6.10 Å². The van der Waals surface area contributed by atoms with Crippen LogP contribution >= 0.6 is 0 Å². The fourth-order valence-corrected chi connectivity index (χ4v) is 1.91. The highest BCUT2D eigenvalue weighted by atomic mass is 16.5. The average molecular weight is 228 g/mol. The molecule has 0 aliphatic carbocycles. The summed E-state index contributed by atoms with van der Waals surface area (Å²) < 4.78 is 5.23. The van der Waals surface area contributed by atoms with Crippen molar-refractivity contribution in [2.24, 2.45) is 0 Å². The molecule has 0 aromatic carbocycles. The second kappa shape index (κ2) is 6.86. The molecule has 1 aliphatic rings. The predicted molar refractivity (Wildman–Crippen MR) is 64.4 cm³/mol. The van der Waals surface area contributed by atoms with Gasteiger partial charge >= 0.3 is 0 Å². The molecule has 2 unspecified atom stereocenters. The van der Waals surface area contributed by atoms with Crippen molar-refractivity contribution in [3.05, 3.63) is 0 Å². The van der Waals surface area contributed by atoms with Gasteiger partial charge in [0, 0.05) is 32.7 Å². The first-order chi connectivity index (χ1) is 7.65. The van der Waals surface area contributed by atoms with Gasteiger partial charge in [0.15, 0.2) is 0 Å². The van der Waals surface area contributed by atoms with Gasteiger partial charge in [0.05, 0.1) is 6.10 Å². The number of nitrogens with zero attached hydrogens (tertiary/aromatic N) is 1. The van der Waals surface area contributed by atoms with E-state index in [0.717, 1.165) is 38.9 Å². The maximum absolute atomic E-state index is 11.3. The molecule has 1 fully saturated rings. The third kappa shape index (κ3) is 4.10. The topological polar surface area (TPSA) is 41.6 Å². The van der Waals surface area contributed by atoms with Gasteiger partial charge in [0.1, 0.15) is 0 Å². The number of methoxy groups -OCH3 is 1. The summed E-state index contributed by atoms with van der Waals surface area (Å²) in [5, 5.41) is 3.41. The molecule has 4 heteroatoms. The zero-order valence-electron chi connectivity index (χ0n) is 10.7. The lowest BCUT2D eigenvalue weighted by Gasteiger charge is -2.21. The van der Waals surface area contributed by atoms with Gasteiger partial charge in [-0.25, -0.2) is 0 Å². The molecule has 16 heavy (non-hydrogen) atoms. The first-order valence-electron chi connectivity index (χ1n) is 6.19. The molecule has 0 spiro atoms. The largest absolute Gasteiger partial charge is 0.380 e. The van der Waals surface area contributed by atoms with Gasteiger partial charge in [-0.2, -0.15) is 0 Å². The lowest BCUT2D eigenvalue weighted by Crippen LogP contribution is -2.38. The van der Waals surface area contributed by atoms with Crippen molar-refractivity contribution in [1.29, 1.82) is 0 Å². The Morgan fingerprint density at radius 3 is 2.81 bits per heavy atom. The molecule has 1 heterocycles. The molecule has 0 aromatic heterocycles. The fraction of sp³-hybridized carbons (Fsp3) is 0.917. The lowest BCUT2D eigenvalue weighted by atomic mass is 10.2. The minimum atomic E-state index is 0.230. The minimum Gasteiger partial charge on any atom is -0.380 e. The van der Waals surface area contributed by atoms with Crippen LogP contribution in [0.2, 0.25) is 0 Å². The van der Waals surface area contributed by atoms with Crippen LogP contribution in [0.25, 0.3) is 0 Å². The average Bonchev–Trinajstić information content (AvgIpc) is 2.69. The first kappa shape index (κ1) is 13.5. The van der Waals surface area contributed by atoms with Crippen LogP contribution in [0.4, 0.5) is 0 Å². The van der Waals surface area contributed by atoms with Crippen LogP contribution in [0.3, 0.4) is 0 Å². The van der Waals surface area contributed by atoms with Crippen molar-refractivity contribution >= 4 is 5.91 Å². The maximum Gasteiger partial charge on any atom is 0.222 e. The van der Waals surface area contributed by atoms with E-state index in [1.807, 2.05) is 4.90 Å². The highest BCUT2D eigenvalue weighted by Crippen LogP contribution is 2.09. The SMILES string of the molecule is COC(C)C(C)NCCCN1CCCC1=O. The van der Waals surface area contributed by atoms with E-state index in [1.54, 1.807) is 7.11 Å². The Morgan fingerprint density at radius 2 is 2.25 bits per heavy atom. The van der Waals surface area contributed by atoms with E-state index < -0.39 is 0 Å². The van der Waals surface area contributed by atoms with Crippen LogP contribution in [0.5, 0.6) is 0 Å². The summed E-state index contributed by atoms with van der Waals surface area (Å²) in [7, 11) is 1.73. The molecule has 0 saturated carbocycles. The van der Waals surface area contributed by atoms with Crippen LogP contribution in [0, 0.1) is 0 Å². The van der Waals surface area contributed by atoms with Gasteiger partial charge in [0.25, 0.3) is 0 Å². The van der Waals surface area contributed by atoms with Crippen LogP contribution < -0.4 is 5.32 Å². The second-order valence-corrected chi connectivity index (χ2v) is 4.52. The standard InChI is InChI=1S/C12H24N2O2/c1-10(11(2)16-3)13-7-5-9-14-8-4-6-12(14)15/h10-11,13H,4-9H2,1-3H3. The zero-order valence-corrected chi connectivity index (χ0v) is 10.7. The Labute approximate surface area is 98.3 Å². The maximum atomic E-state index is 11.3. The number of hydrogen-bond donors (Lipinski definition) is 1. The molecule has 1 N–H and O–H groups in total. The highest BCUT2D eigenvalue weighted by Gasteiger charge is 2.19. The Bertz CT molecular complexity index is 221. The number of carbonyl (C=O) groups excluding carboxylic acids is 1. The first-order valence-corrected chi connectivity index (χ1v) is 6.19. The van der Waals surface area contributed by atoms with Crippen molar-refractivity contribution in [1.82, 2.24) is 10.2 Å². The van der Waals surface area contributed by atoms with Crippen molar-refractivity contribution in [2.75, 3.05) is 26.7 Å². The van der Waals surface area contributed by atoms with Crippen LogP contribution in [0.1, 0.15) is 33.1 Å². The monoisotopic (exact) mass is 228 g/mol. The number of likely N-dealkylation sites (tertiary alicyclic amines) is 1. The van der Waals surface area contributed by atoms with Gasteiger partial charge in [-0.15, -0.1) is 0 Å². The zero-order chi connectivity index (χ0) is 12.0. The van der Waals surface area contributed by atoms with Gasteiger partial charge < -0.3 is 15.0 Å². The van der Waals surface area contributed by atoms with E-state index >= 15 is 0 Å². The Hall–Kier alpha value is -0.610. The van der Waals surface area contributed by atoms with Gasteiger partial charge in [-0.1, -0.05) is 0 Å². The molecule has 4 nitrogen and oxygen atoms in total. The smallest absolute Gasteiger partial charge is 0.222 e. The third-order valence-corrected chi connectivity index (χ3v) is 3.32. The highest BCUT2D eigenvalue weighted by molar-refractivity contribution is 5.77. The number of carbonyl (C=O) groups is 1. The van der Waals surface area contributed by atoms with E-state index in [0.29, 0.717) is 11.9 Å². The minimum absolute atomic E-state index is 0.230. The molecule has 2 atom stereocenters. The number of hydrogen-bond acceptors (Lipinski definition) is 3. The molecule has 0 bridgehead atoms. The summed E-state index contributed by atoms with van der Waals surface area (Å²) in [6.45, 7) is 6.96. The second-order valence-electron chi connectivity index (χ2n) is 4.52. The van der Waals surface area contributed by atoms with E-state index in [2.05, 4.69) is 19.2 Å². The molecule has 1 saturated heterocycles. The number of rotatable bonds is 7. The third-order valence-electron chi connectivity index (χ3n) is 3.32. The van der Waals surface area contributed by atoms with E-state index in [1.165, 1.54) is 0 Å². The van der Waals surface area contributed by atoms with Gasteiger partial charge in [0.2, 0.25) is 5.91 Å². The van der Waals surface area contributed by atoms with Crippen LogP contribution in [-0.4, -0.2) is 49.7 Å². The molecule has 1 amide bonds. The van der Waals surface area contributed by atoms with Crippen LogP contribution in [0.15, 0.2) is 0 Å². The summed E-state index contributed by atoms with van der Waals surface area (Å²) >= 11 is 0. The summed E-state index contributed by atoms with van der Waals surface area (Å²) in [4.78, 5) is 13.3. The summed E-state index contributed by atoms with van der Waals surface area (Å²) in [6, 6.07) is 0.360. The summed E-state index contributed by atoms with van der Waals surface area (Å²) in [5.74, 6) is 0.318.